The second-order valence-electron chi connectivity index (χ2n) is 7.69. The summed E-state index contributed by atoms with van der Waals surface area (Å²) in [6, 6.07) is 32.2. The number of hydrogen-bond donors (Lipinski definition) is 0. The molecule has 170 valence electrons. The number of halogens is 3. The van der Waals surface area contributed by atoms with E-state index in [-0.39, 0.29) is 10.9 Å². The second kappa shape index (κ2) is 9.45. The van der Waals surface area contributed by atoms with Gasteiger partial charge in [-0.3, -0.25) is 0 Å². The topological polar surface area (TPSA) is 49.4 Å². The Morgan fingerprint density at radius 1 is 0.818 bits per heavy atom. The number of ether oxygens (including phenoxy) is 1. The van der Waals surface area contributed by atoms with E-state index in [4.69, 9.17) is 4.74 Å². The number of carbonyl (C=O) groups excluding carboxylic acids is 1. The van der Waals surface area contributed by atoms with Crippen LogP contribution in [0.15, 0.2) is 118 Å². The molecule has 1 saturated heterocycles. The Labute approximate surface area is 192 Å². The minimum Gasteiger partial charge on any atom is -0.549 e. The molecule has 1 fully saturated rings. The number of carboxylic acid groups (broad SMARTS) is 1. The van der Waals surface area contributed by atoms with Crippen LogP contribution in [0.5, 0.6) is 0 Å². The highest BCUT2D eigenvalue weighted by molar-refractivity contribution is 7.97. The van der Waals surface area contributed by atoms with E-state index in [1.54, 1.807) is 0 Å². The molecule has 0 saturated carbocycles. The maximum atomic E-state index is 12.6. The van der Waals surface area contributed by atoms with E-state index < -0.39 is 36.2 Å². The Bertz CT molecular complexity index is 1010. The molecule has 0 N–H and O–H groups in total. The molecule has 0 radical (unpaired) electrons. The molecule has 2 bridgehead atoms. The second-order valence-corrected chi connectivity index (χ2v) is 9.71. The quantitative estimate of drug-likeness (QED) is 0.407. The number of rotatable bonds is 4. The predicted molar refractivity (Wildman–Crippen MR) is 117 cm³/mol. The highest BCUT2D eigenvalue weighted by Gasteiger charge is 2.66. The number of carboxylic acids is 1. The number of hydrogen-bond acceptors (Lipinski definition) is 3. The van der Waals surface area contributed by atoms with Crippen molar-refractivity contribution in [3.63, 3.8) is 0 Å². The molecule has 0 aromatic heterocycles. The maximum Gasteiger partial charge on any atom is 0.402 e. The van der Waals surface area contributed by atoms with E-state index in [1.807, 2.05) is 0 Å². The Kier molecular flexibility index (Phi) is 6.63. The van der Waals surface area contributed by atoms with Crippen molar-refractivity contribution in [2.45, 2.75) is 39.5 Å². The van der Waals surface area contributed by atoms with Crippen LogP contribution in [0.25, 0.3) is 0 Å². The summed E-state index contributed by atoms with van der Waals surface area (Å²) in [6.07, 6.45) is -5.03. The van der Waals surface area contributed by atoms with Gasteiger partial charge in [-0.05, 0) is 42.8 Å². The third-order valence-corrected chi connectivity index (χ3v) is 7.87. The van der Waals surface area contributed by atoms with Crippen LogP contribution in [0.1, 0.15) is 6.42 Å². The van der Waals surface area contributed by atoms with Crippen LogP contribution in [-0.4, -0.2) is 24.4 Å². The summed E-state index contributed by atoms with van der Waals surface area (Å²) in [5.74, 6) is -2.11. The van der Waals surface area contributed by atoms with Crippen molar-refractivity contribution in [2.75, 3.05) is 0 Å². The molecular weight excluding hydrogens is 449 g/mol. The van der Waals surface area contributed by atoms with Gasteiger partial charge in [0.15, 0.2) is 14.7 Å². The van der Waals surface area contributed by atoms with Crippen LogP contribution < -0.4 is 5.11 Å². The summed E-state index contributed by atoms with van der Waals surface area (Å²) in [6.45, 7) is 0. The number of fused-ring (bicyclic) bond motifs is 2. The Morgan fingerprint density at radius 2 is 1.24 bits per heavy atom. The molecule has 3 nitrogen and oxygen atoms in total. The summed E-state index contributed by atoms with van der Waals surface area (Å²) < 4.78 is 42.6. The summed E-state index contributed by atoms with van der Waals surface area (Å²) in [4.78, 5) is 14.7. The first-order valence-electron chi connectivity index (χ1n) is 10.3. The van der Waals surface area contributed by atoms with Gasteiger partial charge in [-0.1, -0.05) is 66.7 Å². The molecule has 0 aliphatic carbocycles. The van der Waals surface area contributed by atoms with Gasteiger partial charge in [0, 0.05) is 0 Å². The summed E-state index contributed by atoms with van der Waals surface area (Å²) in [5, 5.41) is 10.6. The first kappa shape index (κ1) is 23.1. The first-order valence-corrected chi connectivity index (χ1v) is 11.6. The number of aliphatic carboxylic acids is 1. The SMILES string of the molecule is O=C([O-])C1(C(F)(F)F)CC2C=CC1O2.c1ccc([S+](c2ccccc2)c2ccccc2)cc1. The van der Waals surface area contributed by atoms with Gasteiger partial charge >= 0.3 is 6.18 Å². The molecule has 2 heterocycles. The third kappa shape index (κ3) is 4.56. The molecule has 33 heavy (non-hydrogen) atoms. The van der Waals surface area contributed by atoms with Crippen LogP contribution in [0.3, 0.4) is 0 Å². The fraction of sp³-hybridized carbons (Fsp3) is 0.192. The number of carbonyl (C=O) groups is 1. The lowest BCUT2D eigenvalue weighted by molar-refractivity contribution is -0.345. The molecule has 0 spiro atoms. The van der Waals surface area contributed by atoms with Crippen LogP contribution >= 0.6 is 0 Å². The highest BCUT2D eigenvalue weighted by Crippen LogP contribution is 2.53. The number of benzene rings is 3. The Morgan fingerprint density at radius 3 is 1.48 bits per heavy atom. The summed E-state index contributed by atoms with van der Waals surface area (Å²) in [7, 11) is -0.0146. The molecule has 5 rings (SSSR count). The molecule has 7 heteroatoms. The lowest BCUT2D eigenvalue weighted by Gasteiger charge is -2.35. The minimum atomic E-state index is -4.84. The molecule has 3 aromatic rings. The van der Waals surface area contributed by atoms with Gasteiger partial charge in [0.05, 0.1) is 29.1 Å². The molecule has 3 atom stereocenters. The largest absolute Gasteiger partial charge is 0.549 e. The van der Waals surface area contributed by atoms with E-state index in [0.717, 1.165) is 6.08 Å². The lowest BCUT2D eigenvalue weighted by atomic mass is 9.76. The zero-order chi connectivity index (χ0) is 23.5. The van der Waals surface area contributed by atoms with Gasteiger partial charge in [-0.15, -0.1) is 0 Å². The average molecular weight is 471 g/mol. The molecule has 0 amide bonds. The highest BCUT2D eigenvalue weighted by atomic mass is 32.2. The van der Waals surface area contributed by atoms with Gasteiger partial charge in [0.1, 0.15) is 5.41 Å². The van der Waals surface area contributed by atoms with E-state index >= 15 is 0 Å². The Balaban J connectivity index is 0.000000165. The van der Waals surface area contributed by atoms with Gasteiger partial charge in [-0.2, -0.15) is 13.2 Å². The first-order chi connectivity index (χ1) is 15.8. The van der Waals surface area contributed by atoms with Crippen LogP contribution in [-0.2, 0) is 20.4 Å². The van der Waals surface area contributed by atoms with E-state index in [0.29, 0.717) is 0 Å². The van der Waals surface area contributed by atoms with Crippen molar-refractivity contribution in [1.82, 2.24) is 0 Å². The van der Waals surface area contributed by atoms with Gasteiger partial charge in [-0.25, -0.2) is 0 Å². The molecule has 2 aliphatic rings. The van der Waals surface area contributed by atoms with Crippen molar-refractivity contribution in [1.29, 1.82) is 0 Å². The van der Waals surface area contributed by atoms with Gasteiger partial charge in [0.2, 0.25) is 0 Å². The molecule has 2 aliphatic heterocycles. The van der Waals surface area contributed by atoms with Crippen LogP contribution in [0.4, 0.5) is 13.2 Å². The fourth-order valence-corrected chi connectivity index (χ4v) is 6.11. The standard InChI is InChI=1S/C18H15S.C8H7F3O3/c1-4-10-16(11-5-1)19(17-12-6-2-7-13-17)18-14-8-3-9-15-18;9-8(10,11)7(6(12)13)3-4-1-2-5(7)14-4/h1-15H;1-2,4-5H,3H2,(H,12,13)/q+1;/p-1. The van der Waals surface area contributed by atoms with E-state index in [2.05, 4.69) is 91.0 Å². The van der Waals surface area contributed by atoms with Crippen molar-refractivity contribution in [3.05, 3.63) is 103 Å². The van der Waals surface area contributed by atoms with Crippen molar-refractivity contribution in [2.24, 2.45) is 5.41 Å². The normalized spacial score (nSPS) is 23.3. The maximum absolute atomic E-state index is 12.6. The average Bonchev–Trinajstić information content (AvgIpc) is 3.44. The minimum absolute atomic E-state index is 0.0146. The van der Waals surface area contributed by atoms with Gasteiger partial charge < -0.3 is 14.6 Å². The van der Waals surface area contributed by atoms with Gasteiger partial charge in [0.25, 0.3) is 0 Å². The predicted octanol–water partition coefficient (Wildman–Crippen LogP) is 4.79. The summed E-state index contributed by atoms with van der Waals surface area (Å²) in [5.41, 5.74) is -2.85. The van der Waals surface area contributed by atoms with Crippen molar-refractivity contribution < 1.29 is 27.8 Å². The monoisotopic (exact) mass is 470 g/mol. The number of alkyl halides is 3. The molecule has 3 unspecified atom stereocenters. The van der Waals surface area contributed by atoms with Crippen molar-refractivity contribution in [3.8, 4) is 0 Å². The zero-order valence-electron chi connectivity index (χ0n) is 17.4. The zero-order valence-corrected chi connectivity index (χ0v) is 18.3. The molecule has 3 aromatic carbocycles. The van der Waals surface area contributed by atoms with E-state index in [1.165, 1.54) is 20.8 Å². The fourth-order valence-electron chi connectivity index (χ4n) is 4.00. The van der Waals surface area contributed by atoms with Crippen LogP contribution in [0.2, 0.25) is 0 Å². The third-order valence-electron chi connectivity index (χ3n) is 5.64. The van der Waals surface area contributed by atoms with E-state index in [9.17, 15) is 23.1 Å². The van der Waals surface area contributed by atoms with Crippen molar-refractivity contribution >= 4 is 16.9 Å². The smallest absolute Gasteiger partial charge is 0.402 e. The summed E-state index contributed by atoms with van der Waals surface area (Å²) >= 11 is 0. The van der Waals surface area contributed by atoms with Crippen LogP contribution in [0, 0.1) is 5.41 Å². The lowest BCUT2D eigenvalue weighted by Crippen LogP contribution is -2.56. The Hall–Kier alpha value is -3.03. The molecular formula is C26H21F3O3S.